The second kappa shape index (κ2) is 13.8. The number of aromatic hydroxyl groups is 1. The molecule has 0 saturated heterocycles. The Kier molecular flexibility index (Phi) is 11.5. The minimum atomic E-state index is -0.701. The number of aromatic nitrogens is 4. The maximum atomic E-state index is 11.5. The lowest BCUT2D eigenvalue weighted by molar-refractivity contribution is 0.0519. The summed E-state index contributed by atoms with van der Waals surface area (Å²) in [5.74, 6) is -0.629. The molecule has 13 heteroatoms. The van der Waals surface area contributed by atoms with Crippen LogP contribution < -0.4 is 0 Å². The fraction of sp³-hybridized carbons (Fsp3) is 0.238. The van der Waals surface area contributed by atoms with Crippen LogP contribution in [0.5, 0.6) is 5.75 Å². The van der Waals surface area contributed by atoms with Gasteiger partial charge in [0.25, 0.3) is 0 Å². The van der Waals surface area contributed by atoms with Gasteiger partial charge in [-0.05, 0) is 44.5 Å². The molecule has 180 valence electrons. The van der Waals surface area contributed by atoms with Crippen molar-refractivity contribution in [3.05, 3.63) is 65.7 Å². The Morgan fingerprint density at radius 2 is 1.32 bits per heavy atom. The van der Waals surface area contributed by atoms with Crippen LogP contribution in [0, 0.1) is 6.92 Å². The van der Waals surface area contributed by atoms with Gasteiger partial charge in [-0.2, -0.15) is 52.4 Å². The fourth-order valence-corrected chi connectivity index (χ4v) is 2.79. The van der Waals surface area contributed by atoms with Crippen LogP contribution in [0.15, 0.2) is 49.1 Å². The van der Waals surface area contributed by atoms with Gasteiger partial charge in [0.05, 0.1) is 42.8 Å². The highest BCUT2D eigenvalue weighted by Gasteiger charge is 2.14. The zero-order chi connectivity index (χ0) is 25.3. The SMILES string of the molecule is CCOC(=O)c1cnn2cc(C)ccc12.CCOC(=O)c1cnn2cc(O)ccc12.[Br][Al]([Br])[Br]. The quantitative estimate of drug-likeness (QED) is 0.234. The number of ether oxygens (including phenoxy) is 2. The van der Waals surface area contributed by atoms with Crippen molar-refractivity contribution in [2.75, 3.05) is 13.2 Å². The Morgan fingerprint density at radius 3 is 1.79 bits per heavy atom. The molecule has 0 fully saturated rings. The summed E-state index contributed by atoms with van der Waals surface area (Å²) in [7, 11) is -0.701. The maximum absolute atomic E-state index is 11.5. The molecule has 0 aliphatic heterocycles. The summed E-state index contributed by atoms with van der Waals surface area (Å²) in [5.41, 5.74) is 3.40. The lowest BCUT2D eigenvalue weighted by Gasteiger charge is -1.99. The first-order valence-corrected chi connectivity index (χ1v) is 19.6. The molecule has 4 aromatic heterocycles. The van der Waals surface area contributed by atoms with Gasteiger partial charge < -0.3 is 14.6 Å². The van der Waals surface area contributed by atoms with Gasteiger partial charge in [0, 0.05) is 6.20 Å². The predicted molar refractivity (Wildman–Crippen MR) is 141 cm³/mol. The topological polar surface area (TPSA) is 107 Å². The summed E-state index contributed by atoms with van der Waals surface area (Å²) in [4.78, 5) is 23.0. The highest BCUT2D eigenvalue weighted by Crippen LogP contribution is 2.16. The highest BCUT2D eigenvalue weighted by atomic mass is 80.0. The summed E-state index contributed by atoms with van der Waals surface area (Å²) < 4.78 is 12.9. The van der Waals surface area contributed by atoms with E-state index in [1.165, 1.54) is 29.2 Å². The molecule has 0 aliphatic rings. The highest BCUT2D eigenvalue weighted by molar-refractivity contribution is 9.69. The Balaban J connectivity index is 0.000000208. The standard InChI is InChI=1S/C11H12N2O2.C10H10N2O3.Al.3BrH/c1-3-15-11(14)9-6-12-13-7-8(2)4-5-10(9)13;1-2-15-10(14)8-5-11-12-6-7(13)3-4-9(8)12;;;;/h4-7H,3H2,1-2H3;3-6,13H,2H2,1H3;;3*1H/q;;+3;;;/p-3. The number of fused-ring (bicyclic) bond motifs is 2. The number of halogens is 3. The maximum Gasteiger partial charge on any atom is 0.542 e. The third-order valence-corrected chi connectivity index (χ3v) is 4.16. The summed E-state index contributed by atoms with van der Waals surface area (Å²) in [6.07, 6.45) is 6.26. The Labute approximate surface area is 221 Å². The first kappa shape index (κ1) is 28.3. The zero-order valence-electron chi connectivity index (χ0n) is 18.6. The van der Waals surface area contributed by atoms with Crippen LogP contribution in [-0.4, -0.2) is 58.2 Å². The van der Waals surface area contributed by atoms with Crippen LogP contribution >= 0.6 is 42.2 Å². The smallest absolute Gasteiger partial charge is 0.506 e. The van der Waals surface area contributed by atoms with E-state index in [1.807, 2.05) is 25.3 Å². The third kappa shape index (κ3) is 8.09. The van der Waals surface area contributed by atoms with Crippen molar-refractivity contribution in [3.8, 4) is 5.75 Å². The summed E-state index contributed by atoms with van der Waals surface area (Å²) in [6, 6.07) is 6.93. The van der Waals surface area contributed by atoms with Gasteiger partial charge in [0.1, 0.15) is 16.9 Å². The third-order valence-electron chi connectivity index (χ3n) is 4.16. The molecular weight excluding hydrogens is 655 g/mol. The molecule has 0 unspecified atom stereocenters. The van der Waals surface area contributed by atoms with Crippen molar-refractivity contribution in [3.63, 3.8) is 0 Å². The average Bonchev–Trinajstić information content (AvgIpc) is 3.37. The number of carbonyl (C=O) groups is 2. The molecule has 1 N–H and O–H groups in total. The number of aryl methyl sites for hydroxylation is 1. The number of hydrogen-bond donors (Lipinski definition) is 1. The molecule has 0 atom stereocenters. The molecule has 34 heavy (non-hydrogen) atoms. The van der Waals surface area contributed by atoms with Crippen molar-refractivity contribution < 1.29 is 24.2 Å². The van der Waals surface area contributed by atoms with E-state index in [0.717, 1.165) is 11.1 Å². The predicted octanol–water partition coefficient (Wildman–Crippen LogP) is 5.19. The van der Waals surface area contributed by atoms with Crippen LogP contribution in [0.3, 0.4) is 0 Å². The van der Waals surface area contributed by atoms with Gasteiger partial charge in [0.2, 0.25) is 0 Å². The molecule has 9 nitrogen and oxygen atoms in total. The molecule has 4 rings (SSSR count). The minimum Gasteiger partial charge on any atom is -0.506 e. The van der Waals surface area contributed by atoms with Crippen LogP contribution in [-0.2, 0) is 9.47 Å². The van der Waals surface area contributed by atoms with Crippen molar-refractivity contribution in [2.24, 2.45) is 0 Å². The number of carbonyl (C=O) groups excluding carboxylic acids is 2. The second-order valence-electron chi connectivity index (χ2n) is 6.56. The van der Waals surface area contributed by atoms with Crippen molar-refractivity contribution in [2.45, 2.75) is 20.8 Å². The zero-order valence-corrected chi connectivity index (χ0v) is 24.5. The molecule has 4 aromatic rings. The number of pyridine rings is 2. The molecule has 0 aromatic carbocycles. The number of rotatable bonds is 4. The van der Waals surface area contributed by atoms with Gasteiger partial charge in [-0.1, -0.05) is 6.07 Å². The first-order valence-electron chi connectivity index (χ1n) is 10.0. The summed E-state index contributed by atoms with van der Waals surface area (Å²) in [5, 5.41) is 17.2. The Hall–Kier alpha value is -1.91. The molecule has 4 heterocycles. The van der Waals surface area contributed by atoms with Crippen molar-refractivity contribution in [1.82, 2.24) is 19.2 Å². The van der Waals surface area contributed by atoms with Crippen LogP contribution in [0.25, 0.3) is 11.0 Å². The van der Waals surface area contributed by atoms with E-state index in [4.69, 9.17) is 9.47 Å². The minimum absolute atomic E-state index is 0.0982. The molecule has 0 radical (unpaired) electrons. The monoisotopic (exact) mass is 674 g/mol. The van der Waals surface area contributed by atoms with Gasteiger partial charge in [0.15, 0.2) is 0 Å². The second-order valence-corrected chi connectivity index (χ2v) is 26.4. The van der Waals surface area contributed by atoms with E-state index >= 15 is 0 Å². The number of hydrogen-bond acceptors (Lipinski definition) is 7. The Bertz CT molecular complexity index is 1170. The largest absolute Gasteiger partial charge is 0.542 e. The average molecular weight is 677 g/mol. The van der Waals surface area contributed by atoms with Gasteiger partial charge in [-0.15, -0.1) is 0 Å². The normalized spacial score (nSPS) is 10.1. The van der Waals surface area contributed by atoms with Gasteiger partial charge in [-0.25, -0.2) is 18.6 Å². The van der Waals surface area contributed by atoms with Crippen LogP contribution in [0.2, 0.25) is 0 Å². The summed E-state index contributed by atoms with van der Waals surface area (Å²) >= 11 is 9.73. The van der Waals surface area contributed by atoms with E-state index in [0.29, 0.717) is 29.9 Å². The van der Waals surface area contributed by atoms with E-state index in [-0.39, 0.29) is 11.7 Å². The van der Waals surface area contributed by atoms with E-state index in [9.17, 15) is 14.7 Å². The molecule has 0 amide bonds. The molecule has 0 saturated carbocycles. The van der Waals surface area contributed by atoms with Gasteiger partial charge >= 0.3 is 20.6 Å². The number of esters is 2. The lowest BCUT2D eigenvalue weighted by atomic mass is 10.2. The van der Waals surface area contributed by atoms with Crippen LogP contribution in [0.4, 0.5) is 0 Å². The van der Waals surface area contributed by atoms with Crippen molar-refractivity contribution >= 4 is 73.8 Å². The molecule has 0 bridgehead atoms. The first-order chi connectivity index (χ1) is 16.2. The van der Waals surface area contributed by atoms with E-state index in [2.05, 4.69) is 52.4 Å². The van der Waals surface area contributed by atoms with Crippen molar-refractivity contribution in [1.29, 1.82) is 0 Å². The van der Waals surface area contributed by atoms with Crippen LogP contribution in [0.1, 0.15) is 40.1 Å². The van der Waals surface area contributed by atoms with E-state index in [1.54, 1.807) is 24.4 Å². The molecule has 0 spiro atoms. The lowest BCUT2D eigenvalue weighted by Crippen LogP contribution is -2.03. The molecule has 0 aliphatic carbocycles. The Morgan fingerprint density at radius 1 is 0.882 bits per heavy atom. The number of nitrogens with zero attached hydrogens (tertiary/aromatic N) is 4. The molecular formula is C21H22AlBr3N4O5. The fourth-order valence-electron chi connectivity index (χ4n) is 2.79. The van der Waals surface area contributed by atoms with Gasteiger partial charge in [-0.3, -0.25) is 0 Å². The summed E-state index contributed by atoms with van der Waals surface area (Å²) in [6.45, 7) is 6.21. The van der Waals surface area contributed by atoms with E-state index < -0.39 is 14.6 Å².